The number of aryl methyl sites for hydroxylation is 1. The second-order valence-electron chi connectivity index (χ2n) is 5.38. The number of aromatic nitrogens is 1. The van der Waals surface area contributed by atoms with Gasteiger partial charge < -0.3 is 14.9 Å². The third-order valence-corrected chi connectivity index (χ3v) is 3.58. The Balaban J connectivity index is 2.93. The molecule has 1 amide bonds. The van der Waals surface area contributed by atoms with Crippen LogP contribution in [-0.2, 0) is 9.59 Å². The lowest BCUT2D eigenvalue weighted by Crippen LogP contribution is -2.43. The molecule has 0 radical (unpaired) electrons. The minimum Gasteiger partial charge on any atom is -0.481 e. The van der Waals surface area contributed by atoms with Crippen molar-refractivity contribution in [1.82, 2.24) is 9.88 Å². The Hall–Kier alpha value is -2.11. The van der Waals surface area contributed by atoms with Crippen molar-refractivity contribution in [2.75, 3.05) is 31.1 Å². The number of amides is 1. The quantitative estimate of drug-likeness (QED) is 0.792. The Bertz CT molecular complexity index is 498. The second kappa shape index (κ2) is 8.36. The van der Waals surface area contributed by atoms with Gasteiger partial charge in [-0.3, -0.25) is 9.59 Å². The highest BCUT2D eigenvalue weighted by Crippen LogP contribution is 2.14. The first kappa shape index (κ1) is 17.9. The number of carboxylic acid groups (broad SMARTS) is 1. The number of carboxylic acids is 1. The minimum atomic E-state index is -0.882. The molecule has 0 fully saturated rings. The van der Waals surface area contributed by atoms with Crippen molar-refractivity contribution in [2.45, 2.75) is 27.7 Å². The van der Waals surface area contributed by atoms with Crippen LogP contribution in [0.1, 0.15) is 26.3 Å². The lowest BCUT2D eigenvalue weighted by Gasteiger charge is -2.28. The predicted molar refractivity (Wildman–Crippen MR) is 85.9 cm³/mol. The summed E-state index contributed by atoms with van der Waals surface area (Å²) >= 11 is 0. The third kappa shape index (κ3) is 5.02. The normalized spacial score (nSPS) is 11.8. The first-order valence-electron chi connectivity index (χ1n) is 7.57. The van der Waals surface area contributed by atoms with Gasteiger partial charge in [-0.15, -0.1) is 0 Å². The van der Waals surface area contributed by atoms with E-state index in [0.717, 1.165) is 5.56 Å². The van der Waals surface area contributed by atoms with E-state index >= 15 is 0 Å². The smallest absolute Gasteiger partial charge is 0.308 e. The van der Waals surface area contributed by atoms with Crippen molar-refractivity contribution in [2.24, 2.45) is 5.92 Å². The summed E-state index contributed by atoms with van der Waals surface area (Å²) in [6, 6.07) is 3.72. The highest BCUT2D eigenvalue weighted by molar-refractivity contribution is 5.81. The van der Waals surface area contributed by atoms with Crippen LogP contribution in [0.3, 0.4) is 0 Å². The number of rotatable bonds is 8. The molecule has 0 spiro atoms. The van der Waals surface area contributed by atoms with E-state index in [1.54, 1.807) is 22.9 Å². The molecule has 0 aromatic carbocycles. The molecule has 122 valence electrons. The van der Waals surface area contributed by atoms with E-state index in [9.17, 15) is 9.59 Å². The summed E-state index contributed by atoms with van der Waals surface area (Å²) in [6.45, 7) is 9.07. The molecular formula is C16H25N3O3. The molecule has 0 aliphatic heterocycles. The average molecular weight is 307 g/mol. The van der Waals surface area contributed by atoms with Crippen LogP contribution in [0.4, 0.5) is 5.82 Å². The highest BCUT2D eigenvalue weighted by atomic mass is 16.4. The van der Waals surface area contributed by atoms with Crippen LogP contribution < -0.4 is 4.90 Å². The Morgan fingerprint density at radius 1 is 1.27 bits per heavy atom. The van der Waals surface area contributed by atoms with Crippen LogP contribution in [0, 0.1) is 12.8 Å². The highest BCUT2D eigenvalue weighted by Gasteiger charge is 2.21. The van der Waals surface area contributed by atoms with Gasteiger partial charge in [-0.2, -0.15) is 0 Å². The number of likely N-dealkylation sites (N-methyl/N-ethyl adjacent to an activating group) is 1. The predicted octanol–water partition coefficient (Wildman–Crippen LogP) is 1.79. The first-order valence-corrected chi connectivity index (χ1v) is 7.57. The molecule has 1 unspecified atom stereocenters. The largest absolute Gasteiger partial charge is 0.481 e. The molecule has 1 rings (SSSR count). The van der Waals surface area contributed by atoms with Crippen LogP contribution in [0.5, 0.6) is 0 Å². The molecule has 6 nitrogen and oxygen atoms in total. The van der Waals surface area contributed by atoms with Gasteiger partial charge in [-0.25, -0.2) is 4.98 Å². The molecule has 0 bridgehead atoms. The Labute approximate surface area is 131 Å². The minimum absolute atomic E-state index is 0.0232. The van der Waals surface area contributed by atoms with Gasteiger partial charge in [-0.1, -0.05) is 13.0 Å². The second-order valence-corrected chi connectivity index (χ2v) is 5.38. The van der Waals surface area contributed by atoms with Gasteiger partial charge in [0.1, 0.15) is 5.82 Å². The van der Waals surface area contributed by atoms with E-state index in [-0.39, 0.29) is 19.0 Å². The van der Waals surface area contributed by atoms with Crippen LogP contribution in [0.15, 0.2) is 18.3 Å². The summed E-state index contributed by atoms with van der Waals surface area (Å²) in [5.41, 5.74) is 1.02. The van der Waals surface area contributed by atoms with Crippen molar-refractivity contribution >= 4 is 17.7 Å². The Morgan fingerprint density at radius 3 is 2.36 bits per heavy atom. The van der Waals surface area contributed by atoms with Gasteiger partial charge in [0.05, 0.1) is 12.5 Å². The summed E-state index contributed by atoms with van der Waals surface area (Å²) in [5.74, 6) is -0.857. The molecule has 1 heterocycles. The number of hydrogen-bond acceptors (Lipinski definition) is 4. The number of carbonyl (C=O) groups excluding carboxylic acids is 1. The summed E-state index contributed by atoms with van der Waals surface area (Å²) in [4.78, 5) is 31.2. The first-order chi connectivity index (χ1) is 10.4. The fraction of sp³-hybridized carbons (Fsp3) is 0.562. The topological polar surface area (TPSA) is 73.7 Å². The molecule has 0 saturated heterocycles. The SMILES string of the molecule is CCN(CC)C(=O)CN(CC(C)C(=O)O)c1ccc(C)cn1. The lowest BCUT2D eigenvalue weighted by molar-refractivity contribution is -0.141. The molecule has 1 aromatic heterocycles. The number of pyridine rings is 1. The molecule has 1 N–H and O–H groups in total. The fourth-order valence-electron chi connectivity index (χ4n) is 2.13. The molecule has 22 heavy (non-hydrogen) atoms. The summed E-state index contributed by atoms with van der Waals surface area (Å²) in [5, 5.41) is 9.12. The lowest BCUT2D eigenvalue weighted by atomic mass is 10.1. The zero-order valence-electron chi connectivity index (χ0n) is 13.7. The number of aliphatic carboxylic acids is 1. The van der Waals surface area contributed by atoms with E-state index in [1.807, 2.05) is 32.9 Å². The molecule has 0 saturated carbocycles. The van der Waals surface area contributed by atoms with Gasteiger partial charge in [0.2, 0.25) is 5.91 Å². The van der Waals surface area contributed by atoms with Crippen molar-refractivity contribution in [1.29, 1.82) is 0 Å². The molecule has 6 heteroatoms. The van der Waals surface area contributed by atoms with Crippen molar-refractivity contribution in [3.63, 3.8) is 0 Å². The van der Waals surface area contributed by atoms with Crippen LogP contribution in [0.2, 0.25) is 0 Å². The maximum Gasteiger partial charge on any atom is 0.308 e. The molecule has 1 atom stereocenters. The number of anilines is 1. The van der Waals surface area contributed by atoms with E-state index in [4.69, 9.17) is 5.11 Å². The number of hydrogen-bond donors (Lipinski definition) is 1. The standard InChI is InChI=1S/C16H25N3O3/c1-5-18(6-2)15(20)11-19(10-13(4)16(21)22)14-8-7-12(3)9-17-14/h7-9,13H,5-6,10-11H2,1-4H3,(H,21,22). The van der Waals surface area contributed by atoms with Crippen LogP contribution in [-0.4, -0.2) is 53.0 Å². The molecule has 1 aromatic rings. The van der Waals surface area contributed by atoms with Gasteiger partial charge in [-0.05, 0) is 32.4 Å². The zero-order valence-corrected chi connectivity index (χ0v) is 13.7. The zero-order chi connectivity index (χ0) is 16.7. The van der Waals surface area contributed by atoms with Gasteiger partial charge in [0.15, 0.2) is 0 Å². The maximum atomic E-state index is 12.3. The third-order valence-electron chi connectivity index (χ3n) is 3.58. The van der Waals surface area contributed by atoms with E-state index in [1.165, 1.54) is 0 Å². The monoisotopic (exact) mass is 307 g/mol. The summed E-state index contributed by atoms with van der Waals surface area (Å²) in [7, 11) is 0. The van der Waals surface area contributed by atoms with Gasteiger partial charge in [0.25, 0.3) is 0 Å². The summed E-state index contributed by atoms with van der Waals surface area (Å²) < 4.78 is 0. The molecule has 0 aliphatic rings. The Morgan fingerprint density at radius 2 is 1.91 bits per heavy atom. The maximum absolute atomic E-state index is 12.3. The van der Waals surface area contributed by atoms with E-state index < -0.39 is 11.9 Å². The number of carbonyl (C=O) groups is 2. The van der Waals surface area contributed by atoms with Gasteiger partial charge in [0, 0.05) is 25.8 Å². The van der Waals surface area contributed by atoms with E-state index in [2.05, 4.69) is 4.98 Å². The van der Waals surface area contributed by atoms with Crippen LogP contribution in [0.25, 0.3) is 0 Å². The summed E-state index contributed by atoms with van der Waals surface area (Å²) in [6.07, 6.45) is 1.72. The number of nitrogens with zero attached hydrogens (tertiary/aromatic N) is 3. The van der Waals surface area contributed by atoms with Crippen LogP contribution >= 0.6 is 0 Å². The molecule has 0 aliphatic carbocycles. The van der Waals surface area contributed by atoms with Crippen molar-refractivity contribution in [3.8, 4) is 0 Å². The fourth-order valence-corrected chi connectivity index (χ4v) is 2.13. The van der Waals surface area contributed by atoms with Gasteiger partial charge >= 0.3 is 5.97 Å². The van der Waals surface area contributed by atoms with Crippen molar-refractivity contribution < 1.29 is 14.7 Å². The Kier molecular flexibility index (Phi) is 6.82. The molecular weight excluding hydrogens is 282 g/mol. The van der Waals surface area contributed by atoms with E-state index in [0.29, 0.717) is 18.9 Å². The average Bonchev–Trinajstić information content (AvgIpc) is 2.48. The van der Waals surface area contributed by atoms with Crippen molar-refractivity contribution in [3.05, 3.63) is 23.9 Å².